The van der Waals surface area contributed by atoms with Crippen LogP contribution in [0.2, 0.25) is 5.02 Å². The second-order valence-electron chi connectivity index (χ2n) is 5.89. The van der Waals surface area contributed by atoms with Crippen LogP contribution in [0, 0.1) is 22.0 Å². The van der Waals surface area contributed by atoms with E-state index in [-0.39, 0.29) is 10.7 Å². The standard InChI is InChI=1S/C15H21ClN2O2/c1-10-3-5-13(7-11(10)2)17-9-12-4-6-14(16)15(8-12)18(19)20/h4,6,8,10-11,13,17H,3,5,7,9H2,1-2H3. The number of nitro groups is 1. The van der Waals surface area contributed by atoms with Gasteiger partial charge in [-0.15, -0.1) is 0 Å². The monoisotopic (exact) mass is 296 g/mol. The number of hydrogen-bond donors (Lipinski definition) is 1. The van der Waals surface area contributed by atoms with Gasteiger partial charge >= 0.3 is 0 Å². The molecule has 0 radical (unpaired) electrons. The van der Waals surface area contributed by atoms with E-state index in [2.05, 4.69) is 19.2 Å². The molecule has 0 spiro atoms. The molecule has 3 atom stereocenters. The zero-order chi connectivity index (χ0) is 14.7. The fourth-order valence-electron chi connectivity index (χ4n) is 2.80. The summed E-state index contributed by atoms with van der Waals surface area (Å²) in [6.07, 6.45) is 3.61. The first-order chi connectivity index (χ1) is 9.47. The number of nitro benzene ring substituents is 1. The van der Waals surface area contributed by atoms with Crippen LogP contribution in [0.15, 0.2) is 18.2 Å². The number of benzene rings is 1. The van der Waals surface area contributed by atoms with Gasteiger partial charge < -0.3 is 5.32 Å². The molecule has 0 aromatic heterocycles. The number of halogens is 1. The highest BCUT2D eigenvalue weighted by atomic mass is 35.5. The Labute approximate surface area is 124 Å². The van der Waals surface area contributed by atoms with Gasteiger partial charge in [-0.3, -0.25) is 10.1 Å². The number of nitrogens with one attached hydrogen (secondary N) is 1. The van der Waals surface area contributed by atoms with Crippen molar-refractivity contribution in [2.24, 2.45) is 11.8 Å². The van der Waals surface area contributed by atoms with Gasteiger partial charge in [-0.2, -0.15) is 0 Å². The summed E-state index contributed by atoms with van der Waals surface area (Å²) in [4.78, 5) is 10.4. The van der Waals surface area contributed by atoms with E-state index in [0.717, 1.165) is 17.4 Å². The van der Waals surface area contributed by atoms with Crippen LogP contribution in [-0.2, 0) is 6.54 Å². The summed E-state index contributed by atoms with van der Waals surface area (Å²) in [5.41, 5.74) is 0.893. The van der Waals surface area contributed by atoms with Gasteiger partial charge in [0, 0.05) is 18.7 Å². The van der Waals surface area contributed by atoms with Gasteiger partial charge in [0.2, 0.25) is 0 Å². The Kier molecular flexibility index (Phi) is 5.00. The second-order valence-corrected chi connectivity index (χ2v) is 6.30. The molecule has 0 amide bonds. The molecule has 0 aliphatic heterocycles. The molecule has 1 aromatic carbocycles. The maximum atomic E-state index is 10.9. The highest BCUT2D eigenvalue weighted by molar-refractivity contribution is 6.32. The van der Waals surface area contributed by atoms with Gasteiger partial charge in [0.1, 0.15) is 5.02 Å². The third-order valence-corrected chi connectivity index (χ3v) is 4.72. The summed E-state index contributed by atoms with van der Waals surface area (Å²) in [7, 11) is 0. The van der Waals surface area contributed by atoms with E-state index in [1.165, 1.54) is 19.3 Å². The van der Waals surface area contributed by atoms with E-state index in [1.54, 1.807) is 12.1 Å². The first kappa shape index (κ1) is 15.3. The van der Waals surface area contributed by atoms with E-state index in [1.807, 2.05) is 6.07 Å². The Morgan fingerprint density at radius 1 is 1.35 bits per heavy atom. The summed E-state index contributed by atoms with van der Waals surface area (Å²) in [5.74, 6) is 1.53. The van der Waals surface area contributed by atoms with Gasteiger partial charge in [0.05, 0.1) is 4.92 Å². The van der Waals surface area contributed by atoms with Gasteiger partial charge in [0.15, 0.2) is 0 Å². The molecule has 20 heavy (non-hydrogen) atoms. The van der Waals surface area contributed by atoms with Crippen molar-refractivity contribution in [3.05, 3.63) is 38.9 Å². The largest absolute Gasteiger partial charge is 0.310 e. The molecule has 1 aliphatic carbocycles. The first-order valence-corrected chi connectivity index (χ1v) is 7.51. The predicted octanol–water partition coefficient (Wildman–Crippen LogP) is 4.16. The van der Waals surface area contributed by atoms with Crippen LogP contribution in [0.4, 0.5) is 5.69 Å². The van der Waals surface area contributed by atoms with E-state index in [4.69, 9.17) is 11.6 Å². The molecule has 1 N–H and O–H groups in total. The van der Waals surface area contributed by atoms with Crippen molar-refractivity contribution in [2.75, 3.05) is 0 Å². The van der Waals surface area contributed by atoms with Crippen LogP contribution in [-0.4, -0.2) is 11.0 Å². The van der Waals surface area contributed by atoms with Crippen molar-refractivity contribution in [1.29, 1.82) is 0 Å². The maximum absolute atomic E-state index is 10.9. The van der Waals surface area contributed by atoms with Crippen molar-refractivity contribution >= 4 is 17.3 Å². The minimum Gasteiger partial charge on any atom is -0.310 e. The lowest BCUT2D eigenvalue weighted by Gasteiger charge is -2.32. The Balaban J connectivity index is 1.94. The smallest absolute Gasteiger partial charge is 0.288 e. The second kappa shape index (κ2) is 6.55. The molecule has 1 aliphatic rings. The van der Waals surface area contributed by atoms with Crippen LogP contribution in [0.3, 0.4) is 0 Å². The fraction of sp³-hybridized carbons (Fsp3) is 0.600. The van der Waals surface area contributed by atoms with Gasteiger partial charge in [-0.05, 0) is 42.7 Å². The lowest BCUT2D eigenvalue weighted by molar-refractivity contribution is -0.384. The molecular weight excluding hydrogens is 276 g/mol. The molecule has 4 nitrogen and oxygen atoms in total. The fourth-order valence-corrected chi connectivity index (χ4v) is 2.99. The molecule has 0 heterocycles. The molecule has 5 heteroatoms. The van der Waals surface area contributed by atoms with Gasteiger partial charge in [-0.25, -0.2) is 0 Å². The van der Waals surface area contributed by atoms with E-state index >= 15 is 0 Å². The number of rotatable bonds is 4. The Morgan fingerprint density at radius 3 is 2.75 bits per heavy atom. The first-order valence-electron chi connectivity index (χ1n) is 7.13. The Hall–Kier alpha value is -1.13. The summed E-state index contributed by atoms with van der Waals surface area (Å²) >= 11 is 5.81. The summed E-state index contributed by atoms with van der Waals surface area (Å²) in [6, 6.07) is 5.51. The summed E-state index contributed by atoms with van der Waals surface area (Å²) in [5, 5.41) is 14.6. The zero-order valence-corrected chi connectivity index (χ0v) is 12.7. The average molecular weight is 297 g/mol. The summed E-state index contributed by atoms with van der Waals surface area (Å²) < 4.78 is 0. The third-order valence-electron chi connectivity index (χ3n) is 4.40. The van der Waals surface area contributed by atoms with Crippen LogP contribution in [0.5, 0.6) is 0 Å². The number of hydrogen-bond acceptors (Lipinski definition) is 3. The van der Waals surface area contributed by atoms with Crippen molar-refractivity contribution in [2.45, 2.75) is 45.7 Å². The van der Waals surface area contributed by atoms with Crippen molar-refractivity contribution in [3.8, 4) is 0 Å². The average Bonchev–Trinajstić information content (AvgIpc) is 2.41. The van der Waals surface area contributed by atoms with Crippen LogP contribution < -0.4 is 5.32 Å². The minimum absolute atomic E-state index is 0.0170. The van der Waals surface area contributed by atoms with Crippen LogP contribution in [0.25, 0.3) is 0 Å². The summed E-state index contributed by atoms with van der Waals surface area (Å²) in [6.45, 7) is 5.26. The third kappa shape index (κ3) is 3.70. The molecule has 1 aromatic rings. The van der Waals surface area contributed by atoms with Crippen molar-refractivity contribution < 1.29 is 4.92 Å². The molecule has 3 unspecified atom stereocenters. The normalized spacial score (nSPS) is 26.4. The lowest BCUT2D eigenvalue weighted by atomic mass is 9.79. The van der Waals surface area contributed by atoms with Crippen molar-refractivity contribution in [1.82, 2.24) is 5.32 Å². The minimum atomic E-state index is -0.434. The highest BCUT2D eigenvalue weighted by Crippen LogP contribution is 2.30. The van der Waals surface area contributed by atoms with Gasteiger partial charge in [0.25, 0.3) is 5.69 Å². The molecule has 0 bridgehead atoms. The lowest BCUT2D eigenvalue weighted by Crippen LogP contribution is -2.35. The maximum Gasteiger partial charge on any atom is 0.288 e. The quantitative estimate of drug-likeness (QED) is 0.670. The van der Waals surface area contributed by atoms with Crippen LogP contribution in [0.1, 0.15) is 38.7 Å². The zero-order valence-electron chi connectivity index (χ0n) is 11.9. The molecule has 110 valence electrons. The molecular formula is C15H21ClN2O2. The highest BCUT2D eigenvalue weighted by Gasteiger charge is 2.24. The molecule has 1 fully saturated rings. The number of nitrogens with zero attached hydrogens (tertiary/aromatic N) is 1. The van der Waals surface area contributed by atoms with Gasteiger partial charge in [-0.1, -0.05) is 31.5 Å². The molecule has 0 saturated heterocycles. The van der Waals surface area contributed by atoms with E-state index < -0.39 is 4.92 Å². The Bertz CT molecular complexity index is 493. The van der Waals surface area contributed by atoms with Crippen molar-refractivity contribution in [3.63, 3.8) is 0 Å². The molecule has 2 rings (SSSR count). The SMILES string of the molecule is CC1CCC(NCc2ccc(Cl)c([N+](=O)[O-])c2)CC1C. The predicted molar refractivity (Wildman–Crippen MR) is 80.9 cm³/mol. The van der Waals surface area contributed by atoms with Crippen LogP contribution >= 0.6 is 11.6 Å². The topological polar surface area (TPSA) is 55.2 Å². The van der Waals surface area contributed by atoms with E-state index in [0.29, 0.717) is 12.6 Å². The van der Waals surface area contributed by atoms with E-state index in [9.17, 15) is 10.1 Å². The Morgan fingerprint density at radius 2 is 2.10 bits per heavy atom. The molecule has 1 saturated carbocycles.